The first-order valence-electron chi connectivity index (χ1n) is 6.02. The molecule has 3 rings (SSSR count). The van der Waals surface area contributed by atoms with E-state index >= 15 is 0 Å². The van der Waals surface area contributed by atoms with E-state index in [9.17, 15) is 4.79 Å². The third kappa shape index (κ3) is 2.05. The van der Waals surface area contributed by atoms with Crippen molar-refractivity contribution in [2.75, 3.05) is 0 Å². The number of hydrogen-bond donors (Lipinski definition) is 0. The number of carbonyl (C=O) groups excluding carboxylic acids is 1. The first-order valence-corrected chi connectivity index (χ1v) is 6.90. The molecule has 1 aliphatic rings. The fourth-order valence-corrected chi connectivity index (χ4v) is 3.34. The van der Waals surface area contributed by atoms with E-state index in [2.05, 4.69) is 23.6 Å². The molecule has 0 radical (unpaired) electrons. The van der Waals surface area contributed by atoms with Crippen molar-refractivity contribution in [1.82, 2.24) is 0 Å². The highest BCUT2D eigenvalue weighted by Crippen LogP contribution is 2.28. The molecule has 0 atom stereocenters. The minimum atomic E-state index is 0.311. The average Bonchev–Trinajstić information content (AvgIpc) is 2.98. The smallest absolute Gasteiger partial charge is 0.162 e. The minimum absolute atomic E-state index is 0.311. The summed E-state index contributed by atoms with van der Waals surface area (Å²) in [5, 5.41) is 3.36. The zero-order valence-corrected chi connectivity index (χ0v) is 10.4. The molecule has 0 saturated heterocycles. The molecule has 0 spiro atoms. The lowest BCUT2D eigenvalue weighted by atomic mass is 10.0. The Balaban J connectivity index is 1.87. The molecule has 1 aliphatic carbocycles. The Hall–Kier alpha value is -1.41. The first-order chi connectivity index (χ1) is 8.34. The van der Waals surface area contributed by atoms with E-state index in [-0.39, 0.29) is 0 Å². The molecular weight excluding hydrogens is 228 g/mol. The first kappa shape index (κ1) is 10.7. The van der Waals surface area contributed by atoms with Crippen molar-refractivity contribution in [2.24, 2.45) is 0 Å². The van der Waals surface area contributed by atoms with E-state index in [4.69, 9.17) is 0 Å². The van der Waals surface area contributed by atoms with Crippen molar-refractivity contribution < 1.29 is 4.79 Å². The van der Waals surface area contributed by atoms with Gasteiger partial charge in [0, 0.05) is 11.1 Å². The number of fused-ring (bicyclic) bond motifs is 1. The molecule has 0 N–H and O–H groups in total. The maximum atomic E-state index is 12.1. The Morgan fingerprint density at radius 3 is 3.00 bits per heavy atom. The SMILES string of the molecule is O=C(Cc1csc2ccccc12)C1=CCCC1. The molecular formula is C15H14OS. The molecule has 17 heavy (non-hydrogen) atoms. The van der Waals surface area contributed by atoms with Gasteiger partial charge in [0.15, 0.2) is 5.78 Å². The van der Waals surface area contributed by atoms with Crippen molar-refractivity contribution >= 4 is 27.2 Å². The second kappa shape index (κ2) is 4.46. The van der Waals surface area contributed by atoms with E-state index < -0.39 is 0 Å². The van der Waals surface area contributed by atoms with Gasteiger partial charge in [0.1, 0.15) is 0 Å². The van der Waals surface area contributed by atoms with Crippen LogP contribution in [0.1, 0.15) is 24.8 Å². The number of hydrogen-bond acceptors (Lipinski definition) is 2. The number of Topliss-reactive ketones (excluding diaryl/α,β-unsaturated/α-hetero) is 1. The van der Waals surface area contributed by atoms with Gasteiger partial charge >= 0.3 is 0 Å². The van der Waals surface area contributed by atoms with Gasteiger partial charge in [-0.15, -0.1) is 11.3 Å². The normalized spacial score (nSPS) is 15.2. The van der Waals surface area contributed by atoms with Crippen molar-refractivity contribution in [1.29, 1.82) is 0 Å². The molecule has 1 nitrogen and oxygen atoms in total. The van der Waals surface area contributed by atoms with E-state index in [0.717, 1.165) is 24.8 Å². The van der Waals surface area contributed by atoms with Crippen LogP contribution in [0.2, 0.25) is 0 Å². The van der Waals surface area contributed by atoms with E-state index in [1.54, 1.807) is 11.3 Å². The molecule has 0 fully saturated rings. The molecule has 0 aliphatic heterocycles. The molecule has 1 aromatic heterocycles. The summed E-state index contributed by atoms with van der Waals surface area (Å²) < 4.78 is 1.27. The van der Waals surface area contributed by atoms with E-state index in [1.165, 1.54) is 15.6 Å². The van der Waals surface area contributed by atoms with Gasteiger partial charge in [0.2, 0.25) is 0 Å². The minimum Gasteiger partial charge on any atom is -0.294 e. The fraction of sp³-hybridized carbons (Fsp3) is 0.267. The van der Waals surface area contributed by atoms with Crippen molar-refractivity contribution in [3.05, 3.63) is 46.9 Å². The summed E-state index contributed by atoms with van der Waals surface area (Å²) in [6.45, 7) is 0. The highest BCUT2D eigenvalue weighted by Gasteiger charge is 2.15. The lowest BCUT2D eigenvalue weighted by Crippen LogP contribution is -2.04. The Morgan fingerprint density at radius 1 is 1.29 bits per heavy atom. The highest BCUT2D eigenvalue weighted by molar-refractivity contribution is 7.17. The van der Waals surface area contributed by atoms with Gasteiger partial charge in [0.05, 0.1) is 0 Å². The van der Waals surface area contributed by atoms with Crippen LogP contribution < -0.4 is 0 Å². The molecule has 0 unspecified atom stereocenters. The van der Waals surface area contributed by atoms with Gasteiger partial charge in [-0.3, -0.25) is 4.79 Å². The molecule has 0 saturated carbocycles. The average molecular weight is 242 g/mol. The maximum absolute atomic E-state index is 12.1. The van der Waals surface area contributed by atoms with Crippen molar-refractivity contribution in [3.63, 3.8) is 0 Å². The standard InChI is InChI=1S/C15H14OS/c16-14(11-5-1-2-6-11)9-12-10-17-15-8-4-3-7-13(12)15/h3-5,7-8,10H,1-2,6,9H2. The Labute approximate surface area is 105 Å². The van der Waals surface area contributed by atoms with Gasteiger partial charge in [-0.2, -0.15) is 0 Å². The molecule has 2 heteroatoms. The van der Waals surface area contributed by atoms with Crippen LogP contribution in [0.5, 0.6) is 0 Å². The number of thiophene rings is 1. The van der Waals surface area contributed by atoms with Gasteiger partial charge in [-0.1, -0.05) is 24.3 Å². The third-order valence-corrected chi connectivity index (χ3v) is 4.32. The Kier molecular flexibility index (Phi) is 2.81. The lowest BCUT2D eigenvalue weighted by molar-refractivity contribution is -0.115. The summed E-state index contributed by atoms with van der Waals surface area (Å²) in [6.07, 6.45) is 5.87. The van der Waals surface area contributed by atoms with Gasteiger partial charge in [-0.25, -0.2) is 0 Å². The van der Waals surface area contributed by atoms with Crippen molar-refractivity contribution in [3.8, 4) is 0 Å². The van der Waals surface area contributed by atoms with Crippen LogP contribution in [0.4, 0.5) is 0 Å². The van der Waals surface area contributed by atoms with Gasteiger partial charge in [0.25, 0.3) is 0 Å². The topological polar surface area (TPSA) is 17.1 Å². The van der Waals surface area contributed by atoms with Crippen molar-refractivity contribution in [2.45, 2.75) is 25.7 Å². The van der Waals surface area contributed by atoms with Crippen LogP contribution in [0.3, 0.4) is 0 Å². The predicted molar refractivity (Wildman–Crippen MR) is 72.5 cm³/mol. The van der Waals surface area contributed by atoms with Crippen LogP contribution in [-0.2, 0) is 11.2 Å². The zero-order valence-electron chi connectivity index (χ0n) is 9.61. The molecule has 0 amide bonds. The zero-order chi connectivity index (χ0) is 11.7. The van der Waals surface area contributed by atoms with Crippen LogP contribution in [0.25, 0.3) is 10.1 Å². The van der Waals surface area contributed by atoms with Gasteiger partial charge < -0.3 is 0 Å². The summed E-state index contributed by atoms with van der Waals surface area (Å²) in [5.74, 6) is 0.311. The summed E-state index contributed by atoms with van der Waals surface area (Å²) in [4.78, 5) is 12.1. The largest absolute Gasteiger partial charge is 0.294 e. The van der Waals surface area contributed by atoms with E-state index in [0.29, 0.717) is 12.2 Å². The molecule has 2 aromatic rings. The maximum Gasteiger partial charge on any atom is 0.162 e. The molecule has 1 aromatic carbocycles. The number of carbonyl (C=O) groups is 1. The highest BCUT2D eigenvalue weighted by atomic mass is 32.1. The van der Waals surface area contributed by atoms with Gasteiger partial charge in [-0.05, 0) is 47.2 Å². The van der Waals surface area contributed by atoms with Crippen LogP contribution in [-0.4, -0.2) is 5.78 Å². The second-order valence-electron chi connectivity index (χ2n) is 4.48. The predicted octanol–water partition coefficient (Wildman–Crippen LogP) is 4.12. The molecule has 0 bridgehead atoms. The molecule has 1 heterocycles. The summed E-state index contributed by atoms with van der Waals surface area (Å²) in [6, 6.07) is 8.31. The number of allylic oxidation sites excluding steroid dienone is 2. The third-order valence-electron chi connectivity index (χ3n) is 3.31. The number of ketones is 1. The summed E-state index contributed by atoms with van der Waals surface area (Å²) in [7, 11) is 0. The van der Waals surface area contributed by atoms with Crippen LogP contribution in [0, 0.1) is 0 Å². The monoisotopic (exact) mass is 242 g/mol. The second-order valence-corrected chi connectivity index (χ2v) is 5.39. The van der Waals surface area contributed by atoms with Crippen LogP contribution in [0.15, 0.2) is 41.3 Å². The fourth-order valence-electron chi connectivity index (χ4n) is 2.38. The Bertz CT molecular complexity index is 592. The quantitative estimate of drug-likeness (QED) is 0.791. The number of benzene rings is 1. The Morgan fingerprint density at radius 2 is 2.18 bits per heavy atom. The summed E-state index contributed by atoms with van der Waals surface area (Å²) in [5.41, 5.74) is 2.23. The van der Waals surface area contributed by atoms with Crippen LogP contribution >= 0.6 is 11.3 Å². The van der Waals surface area contributed by atoms with E-state index in [1.807, 2.05) is 12.1 Å². The summed E-state index contributed by atoms with van der Waals surface area (Å²) >= 11 is 1.73. The molecule has 86 valence electrons. The lowest BCUT2D eigenvalue weighted by Gasteiger charge is -2.00. The number of rotatable bonds is 3.